The van der Waals surface area contributed by atoms with E-state index in [2.05, 4.69) is 49.5 Å². The van der Waals surface area contributed by atoms with Gasteiger partial charge in [0, 0.05) is 12.3 Å². The average molecular weight is 315 g/mol. The zero-order valence-corrected chi connectivity index (χ0v) is 15.6. The van der Waals surface area contributed by atoms with Crippen molar-refractivity contribution in [1.82, 2.24) is 0 Å². The molecule has 0 N–H and O–H groups in total. The maximum absolute atomic E-state index is 12.5. The van der Waals surface area contributed by atoms with E-state index >= 15 is 0 Å². The van der Waals surface area contributed by atoms with Crippen molar-refractivity contribution in [2.75, 3.05) is 0 Å². The van der Waals surface area contributed by atoms with E-state index in [4.69, 9.17) is 0 Å². The predicted molar refractivity (Wildman–Crippen MR) is 98.3 cm³/mol. The molecule has 0 saturated carbocycles. The fraction of sp³-hybridized carbons (Fsp3) is 0.550. The Kier molecular flexibility index (Phi) is 5.79. The van der Waals surface area contributed by atoms with E-state index in [0.29, 0.717) is 11.3 Å². The molecule has 0 amide bonds. The molecule has 0 saturated heterocycles. The molecule has 0 heterocycles. The molecular formula is C20H30OSi. The summed E-state index contributed by atoms with van der Waals surface area (Å²) in [6.07, 6.45) is 8.16. The lowest BCUT2D eigenvalue weighted by Gasteiger charge is -2.36. The van der Waals surface area contributed by atoms with Gasteiger partial charge in [-0.15, -0.1) is 0 Å². The van der Waals surface area contributed by atoms with Crippen LogP contribution in [0.1, 0.15) is 46.0 Å². The van der Waals surface area contributed by atoms with Crippen LogP contribution in [0.25, 0.3) is 0 Å². The van der Waals surface area contributed by atoms with E-state index in [1.165, 1.54) is 30.9 Å². The first kappa shape index (κ1) is 17.2. The normalized spacial score (nSPS) is 17.2. The van der Waals surface area contributed by atoms with Gasteiger partial charge in [0.2, 0.25) is 0 Å². The lowest BCUT2D eigenvalue weighted by molar-refractivity contribution is -0.121. The molecule has 0 spiro atoms. The van der Waals surface area contributed by atoms with Crippen LogP contribution in [0, 0.1) is 5.92 Å². The number of hydrogen-bond donors (Lipinski definition) is 0. The Labute approximate surface area is 136 Å². The third kappa shape index (κ3) is 3.98. The summed E-state index contributed by atoms with van der Waals surface area (Å²) in [4.78, 5) is 12.5. The van der Waals surface area contributed by atoms with Gasteiger partial charge in [-0.2, -0.15) is 0 Å². The summed E-state index contributed by atoms with van der Waals surface area (Å²) >= 11 is 0. The standard InChI is InChI=1S/C20H30OSi/c1-16(2)19(21)15-20(17-11-7-5-8-12-17)22(3,4)18-13-9-6-10-14-18/h6,9-11,13-14,16,20H,5,7-8,12,15H2,1-4H3/t20-/m1/s1. The summed E-state index contributed by atoms with van der Waals surface area (Å²) in [5.41, 5.74) is 2.03. The van der Waals surface area contributed by atoms with Crippen LogP contribution in [-0.2, 0) is 4.79 Å². The van der Waals surface area contributed by atoms with Gasteiger partial charge in [0.15, 0.2) is 0 Å². The largest absolute Gasteiger partial charge is 0.299 e. The van der Waals surface area contributed by atoms with Gasteiger partial charge in [-0.25, -0.2) is 0 Å². The molecule has 0 fully saturated rings. The second kappa shape index (κ2) is 7.41. The second-order valence-corrected chi connectivity index (χ2v) is 12.2. The van der Waals surface area contributed by atoms with Crippen LogP contribution in [0.4, 0.5) is 0 Å². The maximum atomic E-state index is 12.5. The molecule has 0 bridgehead atoms. The minimum absolute atomic E-state index is 0.146. The van der Waals surface area contributed by atoms with Crippen molar-refractivity contribution >= 4 is 19.0 Å². The highest BCUT2D eigenvalue weighted by Crippen LogP contribution is 2.38. The van der Waals surface area contributed by atoms with Crippen LogP contribution < -0.4 is 5.19 Å². The SMILES string of the molecule is CC(C)C(=O)C[C@H](C1=CCCCC1)[Si](C)(C)c1ccccc1. The van der Waals surface area contributed by atoms with Crippen molar-refractivity contribution in [1.29, 1.82) is 0 Å². The summed E-state index contributed by atoms with van der Waals surface area (Å²) in [7, 11) is -1.69. The second-order valence-electron chi connectivity index (χ2n) is 7.49. The molecular weight excluding hydrogens is 284 g/mol. The molecule has 2 rings (SSSR count). The highest BCUT2D eigenvalue weighted by atomic mass is 28.3. The summed E-state index contributed by atoms with van der Waals surface area (Å²) in [5.74, 6) is 0.570. The summed E-state index contributed by atoms with van der Waals surface area (Å²) in [5, 5.41) is 1.48. The first-order valence-corrected chi connectivity index (χ1v) is 11.8. The van der Waals surface area contributed by atoms with Crippen molar-refractivity contribution in [3.8, 4) is 0 Å². The monoisotopic (exact) mass is 314 g/mol. The van der Waals surface area contributed by atoms with Gasteiger partial charge in [-0.1, -0.05) is 74.1 Å². The van der Waals surface area contributed by atoms with Gasteiger partial charge >= 0.3 is 0 Å². The number of carbonyl (C=O) groups is 1. The zero-order chi connectivity index (χ0) is 16.2. The summed E-state index contributed by atoms with van der Waals surface area (Å²) in [6, 6.07) is 10.9. The highest BCUT2D eigenvalue weighted by Gasteiger charge is 2.37. The third-order valence-corrected chi connectivity index (χ3v) is 9.35. The number of hydrogen-bond acceptors (Lipinski definition) is 1. The molecule has 120 valence electrons. The molecule has 1 aliphatic carbocycles. The minimum atomic E-state index is -1.69. The molecule has 0 unspecified atom stereocenters. The smallest absolute Gasteiger partial charge is 0.135 e. The zero-order valence-electron chi connectivity index (χ0n) is 14.6. The molecule has 0 aromatic heterocycles. The quantitative estimate of drug-likeness (QED) is 0.528. The number of carbonyl (C=O) groups excluding carboxylic acids is 1. The average Bonchev–Trinajstić information content (AvgIpc) is 2.53. The maximum Gasteiger partial charge on any atom is 0.135 e. The van der Waals surface area contributed by atoms with E-state index in [-0.39, 0.29) is 5.92 Å². The van der Waals surface area contributed by atoms with Crippen LogP contribution in [-0.4, -0.2) is 13.9 Å². The Bertz CT molecular complexity index is 528. The summed E-state index contributed by atoms with van der Waals surface area (Å²) in [6.45, 7) is 8.95. The Morgan fingerprint density at radius 3 is 2.36 bits per heavy atom. The molecule has 0 radical (unpaired) electrons. The van der Waals surface area contributed by atoms with E-state index in [9.17, 15) is 4.79 Å². The Balaban J connectivity index is 2.34. The van der Waals surface area contributed by atoms with Crippen LogP contribution in [0.2, 0.25) is 18.6 Å². The molecule has 0 aliphatic heterocycles. The van der Waals surface area contributed by atoms with E-state index < -0.39 is 8.07 Å². The van der Waals surface area contributed by atoms with Crippen LogP contribution in [0.5, 0.6) is 0 Å². The van der Waals surface area contributed by atoms with Gasteiger partial charge in [0.1, 0.15) is 5.78 Å². The fourth-order valence-corrected chi connectivity index (χ4v) is 6.89. The van der Waals surface area contributed by atoms with Gasteiger partial charge in [-0.3, -0.25) is 4.79 Å². The van der Waals surface area contributed by atoms with Crippen LogP contribution in [0.3, 0.4) is 0 Å². The van der Waals surface area contributed by atoms with E-state index in [0.717, 1.165) is 6.42 Å². The number of rotatable bonds is 6. The minimum Gasteiger partial charge on any atom is -0.299 e. The Morgan fingerprint density at radius 2 is 1.82 bits per heavy atom. The van der Waals surface area contributed by atoms with Crippen molar-refractivity contribution in [3.05, 3.63) is 42.0 Å². The van der Waals surface area contributed by atoms with Gasteiger partial charge in [-0.05, 0) is 31.2 Å². The van der Waals surface area contributed by atoms with Crippen LogP contribution in [0.15, 0.2) is 42.0 Å². The van der Waals surface area contributed by atoms with Crippen molar-refractivity contribution in [3.63, 3.8) is 0 Å². The first-order valence-electron chi connectivity index (χ1n) is 8.70. The predicted octanol–water partition coefficient (Wildman–Crippen LogP) is 5.09. The van der Waals surface area contributed by atoms with Crippen molar-refractivity contribution in [2.45, 2.75) is 64.6 Å². The number of allylic oxidation sites excluding steroid dienone is 2. The van der Waals surface area contributed by atoms with Crippen molar-refractivity contribution < 1.29 is 4.79 Å². The topological polar surface area (TPSA) is 17.1 Å². The van der Waals surface area contributed by atoms with Gasteiger partial charge in [0.25, 0.3) is 0 Å². The molecule has 2 heteroatoms. The molecule has 1 aromatic rings. The fourth-order valence-electron chi connectivity index (χ4n) is 3.53. The lowest BCUT2D eigenvalue weighted by Crippen LogP contribution is -2.47. The van der Waals surface area contributed by atoms with Gasteiger partial charge in [0.05, 0.1) is 8.07 Å². The highest BCUT2D eigenvalue weighted by molar-refractivity contribution is 6.91. The number of benzene rings is 1. The van der Waals surface area contributed by atoms with E-state index in [1.807, 2.05) is 13.8 Å². The third-order valence-electron chi connectivity index (χ3n) is 5.21. The van der Waals surface area contributed by atoms with Gasteiger partial charge < -0.3 is 0 Å². The number of Topliss-reactive ketones (excluding diaryl/α,β-unsaturated/α-hetero) is 1. The van der Waals surface area contributed by atoms with Crippen LogP contribution >= 0.6 is 0 Å². The molecule has 1 nitrogen and oxygen atoms in total. The summed E-state index contributed by atoms with van der Waals surface area (Å²) < 4.78 is 0. The Hall–Kier alpha value is -1.15. The first-order chi connectivity index (χ1) is 10.4. The number of ketones is 1. The molecule has 1 aliphatic rings. The van der Waals surface area contributed by atoms with E-state index in [1.54, 1.807) is 5.57 Å². The molecule has 1 atom stereocenters. The molecule has 22 heavy (non-hydrogen) atoms. The lowest BCUT2D eigenvalue weighted by atomic mass is 9.93. The molecule has 1 aromatic carbocycles. The Morgan fingerprint density at radius 1 is 1.14 bits per heavy atom. The van der Waals surface area contributed by atoms with Crippen molar-refractivity contribution in [2.24, 2.45) is 5.92 Å².